The van der Waals surface area contributed by atoms with Crippen molar-refractivity contribution in [1.29, 1.82) is 0 Å². The van der Waals surface area contributed by atoms with Crippen LogP contribution in [0.5, 0.6) is 0 Å². The number of carbonyl (C=O) groups is 1. The lowest BCUT2D eigenvalue weighted by molar-refractivity contribution is 0.0694. The first-order valence-corrected chi connectivity index (χ1v) is 14.1. The van der Waals surface area contributed by atoms with E-state index in [0.29, 0.717) is 18.7 Å². The number of hydrogen-bond donors (Lipinski definition) is 0. The van der Waals surface area contributed by atoms with Crippen molar-refractivity contribution in [2.24, 2.45) is 0 Å². The number of rotatable bonds is 9. The van der Waals surface area contributed by atoms with Crippen molar-refractivity contribution in [3.05, 3.63) is 60.2 Å². The molecule has 1 aliphatic heterocycles. The number of para-hydroxylation sites is 1. The molecule has 2 aromatic rings. The summed E-state index contributed by atoms with van der Waals surface area (Å²) in [6, 6.07) is 14.5. The average molecular weight is 479 g/mol. The Morgan fingerprint density at radius 3 is 2.38 bits per heavy atom. The van der Waals surface area contributed by atoms with Crippen molar-refractivity contribution in [3.8, 4) is 0 Å². The third-order valence-corrected chi connectivity index (χ3v) is 9.31. The standard InChI is InChI=1S/C23H30N2O5S2/c1-3-5-15-24(21-14-16-31(27,28)18-21)23(26)19-10-9-13-22(17-19)32(29,30)25(4-2)20-11-7-6-8-12-20/h6-13,17,21H,3-5,14-16,18H2,1-2H3. The van der Waals surface area contributed by atoms with Gasteiger partial charge in [-0.1, -0.05) is 37.6 Å². The van der Waals surface area contributed by atoms with Gasteiger partial charge in [0.2, 0.25) is 0 Å². The van der Waals surface area contributed by atoms with Crippen LogP contribution in [-0.4, -0.2) is 58.3 Å². The number of amides is 1. The van der Waals surface area contributed by atoms with Crippen LogP contribution in [0.4, 0.5) is 5.69 Å². The minimum atomic E-state index is -3.87. The van der Waals surface area contributed by atoms with Crippen LogP contribution in [0.3, 0.4) is 0 Å². The first kappa shape index (κ1) is 24.3. The first-order valence-electron chi connectivity index (χ1n) is 10.9. The Balaban J connectivity index is 1.93. The van der Waals surface area contributed by atoms with E-state index in [1.165, 1.54) is 16.4 Å². The van der Waals surface area contributed by atoms with Crippen molar-refractivity contribution >= 4 is 31.5 Å². The highest BCUT2D eigenvalue weighted by atomic mass is 32.2. The Morgan fingerprint density at radius 1 is 1.06 bits per heavy atom. The molecule has 1 atom stereocenters. The van der Waals surface area contributed by atoms with Gasteiger partial charge in [-0.05, 0) is 50.1 Å². The van der Waals surface area contributed by atoms with Crippen molar-refractivity contribution in [2.45, 2.75) is 44.0 Å². The molecule has 0 N–H and O–H groups in total. The van der Waals surface area contributed by atoms with Gasteiger partial charge in [0.25, 0.3) is 15.9 Å². The summed E-state index contributed by atoms with van der Waals surface area (Å²) in [6.07, 6.45) is 2.02. The summed E-state index contributed by atoms with van der Waals surface area (Å²) in [5.41, 5.74) is 0.794. The van der Waals surface area contributed by atoms with Crippen LogP contribution in [0, 0.1) is 0 Å². The number of carbonyl (C=O) groups excluding carboxylic acids is 1. The Labute approximate surface area is 191 Å². The Bertz CT molecular complexity index is 1150. The van der Waals surface area contributed by atoms with Gasteiger partial charge in [0, 0.05) is 24.7 Å². The number of hydrogen-bond acceptors (Lipinski definition) is 5. The van der Waals surface area contributed by atoms with Crippen LogP contribution in [-0.2, 0) is 19.9 Å². The quantitative estimate of drug-likeness (QED) is 0.551. The van der Waals surface area contributed by atoms with Crippen LogP contribution in [0.15, 0.2) is 59.5 Å². The number of sulfonamides is 1. The molecule has 1 amide bonds. The summed E-state index contributed by atoms with van der Waals surface area (Å²) in [7, 11) is -7.03. The van der Waals surface area contributed by atoms with Crippen LogP contribution in [0.25, 0.3) is 0 Å². The average Bonchev–Trinajstić information content (AvgIpc) is 3.14. The van der Waals surface area contributed by atoms with Crippen LogP contribution >= 0.6 is 0 Å². The third kappa shape index (κ3) is 5.32. The summed E-state index contributed by atoms with van der Waals surface area (Å²) in [4.78, 5) is 15.0. The highest BCUT2D eigenvalue weighted by Gasteiger charge is 2.35. The molecule has 0 radical (unpaired) electrons. The van der Waals surface area contributed by atoms with Crippen molar-refractivity contribution in [3.63, 3.8) is 0 Å². The van der Waals surface area contributed by atoms with Gasteiger partial charge in [-0.25, -0.2) is 16.8 Å². The molecule has 2 aromatic carbocycles. The number of benzene rings is 2. The summed E-state index contributed by atoms with van der Waals surface area (Å²) in [5.74, 6) is -0.303. The summed E-state index contributed by atoms with van der Waals surface area (Å²) < 4.78 is 52.0. The lowest BCUT2D eigenvalue weighted by Crippen LogP contribution is -2.42. The molecule has 1 heterocycles. The molecule has 0 spiro atoms. The Hall–Kier alpha value is -2.39. The Kier molecular flexibility index (Phi) is 7.61. The van der Waals surface area contributed by atoms with Crippen molar-refractivity contribution in [2.75, 3.05) is 28.9 Å². The van der Waals surface area contributed by atoms with E-state index in [0.717, 1.165) is 12.8 Å². The van der Waals surface area contributed by atoms with Gasteiger partial charge in [0.15, 0.2) is 9.84 Å². The molecule has 174 valence electrons. The SMILES string of the molecule is CCCCN(C(=O)c1cccc(S(=O)(=O)N(CC)c2ccccc2)c1)C1CCS(=O)(=O)C1. The zero-order chi connectivity index (χ0) is 23.4. The minimum absolute atomic E-state index is 0.0311. The van der Waals surface area contributed by atoms with E-state index in [1.54, 1.807) is 48.2 Å². The number of anilines is 1. The molecule has 0 aliphatic carbocycles. The molecule has 1 saturated heterocycles. The topological polar surface area (TPSA) is 91.8 Å². The minimum Gasteiger partial charge on any atom is -0.335 e. The smallest absolute Gasteiger partial charge is 0.264 e. The normalized spacial score (nSPS) is 17.8. The highest BCUT2D eigenvalue weighted by molar-refractivity contribution is 7.92. The largest absolute Gasteiger partial charge is 0.335 e. The molecule has 1 unspecified atom stereocenters. The fourth-order valence-corrected chi connectivity index (χ4v) is 7.22. The fourth-order valence-electron chi connectivity index (χ4n) is 3.97. The second kappa shape index (κ2) is 10.0. The van der Waals surface area contributed by atoms with Gasteiger partial charge in [0.05, 0.1) is 22.1 Å². The van der Waals surface area contributed by atoms with E-state index in [1.807, 2.05) is 13.0 Å². The molecule has 0 bridgehead atoms. The zero-order valence-corrected chi connectivity index (χ0v) is 20.1. The van der Waals surface area contributed by atoms with Gasteiger partial charge >= 0.3 is 0 Å². The lowest BCUT2D eigenvalue weighted by atomic mass is 10.1. The molecule has 1 fully saturated rings. The molecular formula is C23H30N2O5S2. The van der Waals surface area contributed by atoms with E-state index in [2.05, 4.69) is 0 Å². The number of sulfone groups is 1. The monoisotopic (exact) mass is 478 g/mol. The van der Waals surface area contributed by atoms with Crippen LogP contribution in [0.2, 0.25) is 0 Å². The van der Waals surface area contributed by atoms with Crippen LogP contribution < -0.4 is 4.31 Å². The van der Waals surface area contributed by atoms with E-state index in [-0.39, 0.29) is 40.5 Å². The zero-order valence-electron chi connectivity index (χ0n) is 18.5. The lowest BCUT2D eigenvalue weighted by Gasteiger charge is -2.29. The van der Waals surface area contributed by atoms with E-state index in [4.69, 9.17) is 0 Å². The number of unbranched alkanes of at least 4 members (excludes halogenated alkanes) is 1. The predicted octanol–water partition coefficient (Wildman–Crippen LogP) is 3.33. The summed E-state index contributed by atoms with van der Waals surface area (Å²) >= 11 is 0. The van der Waals surface area contributed by atoms with Crippen molar-refractivity contribution < 1.29 is 21.6 Å². The third-order valence-electron chi connectivity index (χ3n) is 5.66. The second-order valence-corrected chi connectivity index (χ2v) is 12.0. The van der Waals surface area contributed by atoms with E-state index in [9.17, 15) is 21.6 Å². The molecule has 32 heavy (non-hydrogen) atoms. The number of nitrogens with zero attached hydrogens (tertiary/aromatic N) is 2. The van der Waals surface area contributed by atoms with Crippen LogP contribution in [0.1, 0.15) is 43.5 Å². The second-order valence-electron chi connectivity index (χ2n) is 7.94. The predicted molar refractivity (Wildman–Crippen MR) is 126 cm³/mol. The maximum Gasteiger partial charge on any atom is 0.264 e. The van der Waals surface area contributed by atoms with Gasteiger partial charge in [-0.2, -0.15) is 0 Å². The molecule has 1 aliphatic rings. The molecule has 0 saturated carbocycles. The van der Waals surface area contributed by atoms with Gasteiger partial charge in [-0.15, -0.1) is 0 Å². The van der Waals surface area contributed by atoms with Gasteiger partial charge in [-0.3, -0.25) is 9.10 Å². The van der Waals surface area contributed by atoms with Gasteiger partial charge < -0.3 is 4.90 Å². The molecule has 7 nitrogen and oxygen atoms in total. The van der Waals surface area contributed by atoms with Crippen molar-refractivity contribution in [1.82, 2.24) is 4.90 Å². The fraction of sp³-hybridized carbons (Fsp3) is 0.435. The maximum absolute atomic E-state index is 13.4. The first-order chi connectivity index (χ1) is 15.2. The van der Waals surface area contributed by atoms with E-state index < -0.39 is 19.9 Å². The van der Waals surface area contributed by atoms with Gasteiger partial charge in [0.1, 0.15) is 0 Å². The highest BCUT2D eigenvalue weighted by Crippen LogP contribution is 2.25. The van der Waals surface area contributed by atoms with E-state index >= 15 is 0 Å². The molecule has 3 rings (SSSR count). The molecule has 9 heteroatoms. The Morgan fingerprint density at radius 2 is 1.78 bits per heavy atom. The molecule has 0 aromatic heterocycles. The maximum atomic E-state index is 13.4. The molecular weight excluding hydrogens is 448 g/mol. The summed E-state index contributed by atoms with van der Waals surface area (Å²) in [5, 5.41) is 0. The summed E-state index contributed by atoms with van der Waals surface area (Å²) in [6.45, 7) is 4.45.